The van der Waals surface area contributed by atoms with Crippen molar-refractivity contribution in [1.29, 1.82) is 0 Å². The minimum absolute atomic E-state index is 0.172. The number of methoxy groups -OCH3 is 1. The summed E-state index contributed by atoms with van der Waals surface area (Å²) in [6, 6.07) is 0. The normalized spacial score (nSPS) is 13.1. The largest absolute Gasteiger partial charge is 0.465 e. The molecule has 0 saturated carbocycles. The first-order valence-electron chi connectivity index (χ1n) is 8.47. The standard InChI is InChI=1S/C17H22N4O3S2/c1-9(2)14-19-20-17(21(14)3)25-8-12(22)18-15-13(16(23)24-4)10-6-5-7-11(10)26-15/h9H,5-8H2,1-4H3,(H,18,22). The summed E-state index contributed by atoms with van der Waals surface area (Å²) in [6.45, 7) is 4.10. The van der Waals surface area contributed by atoms with Crippen molar-refractivity contribution in [2.75, 3.05) is 18.2 Å². The van der Waals surface area contributed by atoms with Crippen molar-refractivity contribution in [2.24, 2.45) is 7.05 Å². The Kier molecular flexibility index (Phi) is 5.67. The van der Waals surface area contributed by atoms with Crippen molar-refractivity contribution in [3.63, 3.8) is 0 Å². The van der Waals surface area contributed by atoms with Gasteiger partial charge in [-0.25, -0.2) is 4.79 Å². The van der Waals surface area contributed by atoms with Gasteiger partial charge in [-0.15, -0.1) is 21.5 Å². The number of aryl methyl sites for hydroxylation is 1. The molecule has 0 saturated heterocycles. The number of carbonyl (C=O) groups excluding carboxylic acids is 2. The second kappa shape index (κ2) is 7.79. The third-order valence-corrected chi connectivity index (χ3v) is 6.51. The maximum Gasteiger partial charge on any atom is 0.341 e. The van der Waals surface area contributed by atoms with E-state index in [1.165, 1.54) is 35.1 Å². The van der Waals surface area contributed by atoms with Gasteiger partial charge in [0.25, 0.3) is 0 Å². The van der Waals surface area contributed by atoms with Crippen LogP contribution in [0, 0.1) is 0 Å². The van der Waals surface area contributed by atoms with Crippen LogP contribution in [0.3, 0.4) is 0 Å². The van der Waals surface area contributed by atoms with Gasteiger partial charge in [-0.1, -0.05) is 25.6 Å². The highest BCUT2D eigenvalue weighted by Crippen LogP contribution is 2.39. The van der Waals surface area contributed by atoms with Gasteiger partial charge >= 0.3 is 5.97 Å². The zero-order chi connectivity index (χ0) is 18.8. The van der Waals surface area contributed by atoms with Gasteiger partial charge in [0.15, 0.2) is 5.16 Å². The molecule has 0 unspecified atom stereocenters. The molecule has 2 heterocycles. The average Bonchev–Trinajstić information content (AvgIpc) is 3.26. The van der Waals surface area contributed by atoms with Gasteiger partial charge in [0.1, 0.15) is 10.8 Å². The molecule has 2 aromatic rings. The van der Waals surface area contributed by atoms with Gasteiger partial charge in [0.05, 0.1) is 18.4 Å². The monoisotopic (exact) mass is 394 g/mol. The molecule has 0 fully saturated rings. The van der Waals surface area contributed by atoms with Crippen LogP contribution in [-0.4, -0.2) is 39.5 Å². The molecule has 0 atom stereocenters. The molecule has 0 aliphatic heterocycles. The van der Waals surface area contributed by atoms with Crippen molar-refractivity contribution in [2.45, 2.75) is 44.2 Å². The summed E-state index contributed by atoms with van der Waals surface area (Å²) >= 11 is 2.81. The molecule has 0 bridgehead atoms. The second-order valence-corrected chi connectivity index (χ2v) is 8.49. The number of aromatic nitrogens is 3. The van der Waals surface area contributed by atoms with Crippen LogP contribution in [0.2, 0.25) is 0 Å². The molecular formula is C17H22N4O3S2. The molecule has 26 heavy (non-hydrogen) atoms. The molecule has 1 amide bonds. The Morgan fingerprint density at radius 2 is 2.12 bits per heavy atom. The highest BCUT2D eigenvalue weighted by molar-refractivity contribution is 7.99. The number of nitrogens with one attached hydrogen (secondary N) is 1. The average molecular weight is 395 g/mol. The smallest absolute Gasteiger partial charge is 0.341 e. The highest BCUT2D eigenvalue weighted by atomic mass is 32.2. The summed E-state index contributed by atoms with van der Waals surface area (Å²) in [5, 5.41) is 12.5. The zero-order valence-electron chi connectivity index (χ0n) is 15.3. The Hall–Kier alpha value is -1.87. The molecule has 7 nitrogen and oxygen atoms in total. The van der Waals surface area contributed by atoms with Crippen molar-refractivity contribution < 1.29 is 14.3 Å². The number of esters is 1. The molecule has 140 valence electrons. The Balaban J connectivity index is 1.68. The lowest BCUT2D eigenvalue weighted by atomic mass is 10.1. The van der Waals surface area contributed by atoms with Gasteiger partial charge in [-0.3, -0.25) is 4.79 Å². The maximum absolute atomic E-state index is 12.4. The van der Waals surface area contributed by atoms with Crippen molar-refractivity contribution in [3.8, 4) is 0 Å². The van der Waals surface area contributed by atoms with Crippen molar-refractivity contribution >= 4 is 40.0 Å². The van der Waals surface area contributed by atoms with Gasteiger partial charge < -0.3 is 14.6 Å². The Bertz CT molecular complexity index is 841. The Labute approximate surface area is 160 Å². The quantitative estimate of drug-likeness (QED) is 0.599. The molecule has 3 rings (SSSR count). The summed E-state index contributed by atoms with van der Waals surface area (Å²) in [5.74, 6) is 0.798. The van der Waals surface area contributed by atoms with Crippen molar-refractivity contribution in [1.82, 2.24) is 14.8 Å². The number of amides is 1. The molecule has 9 heteroatoms. The molecular weight excluding hydrogens is 372 g/mol. The fourth-order valence-corrected chi connectivity index (χ4v) is 5.07. The van der Waals surface area contributed by atoms with Gasteiger partial charge in [-0.05, 0) is 24.8 Å². The Morgan fingerprint density at radius 1 is 1.35 bits per heavy atom. The molecule has 1 N–H and O–H groups in total. The van der Waals surface area contributed by atoms with E-state index in [2.05, 4.69) is 29.4 Å². The third kappa shape index (κ3) is 3.64. The lowest BCUT2D eigenvalue weighted by Gasteiger charge is -2.07. The van der Waals surface area contributed by atoms with E-state index >= 15 is 0 Å². The van der Waals surface area contributed by atoms with E-state index in [1.807, 2.05) is 11.6 Å². The first-order chi connectivity index (χ1) is 12.4. The highest BCUT2D eigenvalue weighted by Gasteiger charge is 2.28. The van der Waals surface area contributed by atoms with E-state index in [0.717, 1.165) is 30.7 Å². The number of hydrogen-bond acceptors (Lipinski definition) is 7. The minimum Gasteiger partial charge on any atom is -0.465 e. The van der Waals surface area contributed by atoms with Gasteiger partial charge in [-0.2, -0.15) is 0 Å². The number of fused-ring (bicyclic) bond motifs is 1. The Morgan fingerprint density at radius 3 is 2.77 bits per heavy atom. The van der Waals surface area contributed by atoms with Crippen LogP contribution in [0.15, 0.2) is 5.16 Å². The maximum atomic E-state index is 12.4. The van der Waals surface area contributed by atoms with E-state index in [9.17, 15) is 9.59 Å². The zero-order valence-corrected chi connectivity index (χ0v) is 16.9. The van der Waals surface area contributed by atoms with Crippen LogP contribution in [0.4, 0.5) is 5.00 Å². The van der Waals surface area contributed by atoms with E-state index in [4.69, 9.17) is 4.74 Å². The van der Waals surface area contributed by atoms with Crippen molar-refractivity contribution in [3.05, 3.63) is 21.8 Å². The van der Waals surface area contributed by atoms with Gasteiger partial charge in [0, 0.05) is 17.8 Å². The first kappa shape index (κ1) is 18.9. The van der Waals surface area contributed by atoms with Crippen LogP contribution in [0.25, 0.3) is 0 Å². The lowest BCUT2D eigenvalue weighted by Crippen LogP contribution is -2.16. The van der Waals surface area contributed by atoms with E-state index in [1.54, 1.807) is 0 Å². The van der Waals surface area contributed by atoms with E-state index in [-0.39, 0.29) is 23.5 Å². The van der Waals surface area contributed by atoms with Crippen LogP contribution in [0.5, 0.6) is 0 Å². The number of ether oxygens (including phenoxy) is 1. The minimum atomic E-state index is -0.387. The number of carbonyl (C=O) groups is 2. The molecule has 0 aromatic carbocycles. The third-order valence-electron chi connectivity index (χ3n) is 4.28. The van der Waals surface area contributed by atoms with Crippen LogP contribution in [-0.2, 0) is 29.4 Å². The molecule has 1 aliphatic carbocycles. The first-order valence-corrected chi connectivity index (χ1v) is 10.3. The van der Waals surface area contributed by atoms with Crippen LogP contribution < -0.4 is 5.32 Å². The van der Waals surface area contributed by atoms with Gasteiger partial charge in [0.2, 0.25) is 5.91 Å². The van der Waals surface area contributed by atoms with E-state index in [0.29, 0.717) is 15.7 Å². The lowest BCUT2D eigenvalue weighted by molar-refractivity contribution is -0.113. The number of thiophene rings is 1. The summed E-state index contributed by atoms with van der Waals surface area (Å²) in [7, 11) is 3.26. The number of rotatable bonds is 6. The number of anilines is 1. The molecule has 1 aliphatic rings. The SMILES string of the molecule is COC(=O)c1c(NC(=O)CSc2nnc(C(C)C)n2C)sc2c1CCC2. The molecule has 2 aromatic heterocycles. The molecule has 0 radical (unpaired) electrons. The number of nitrogens with zero attached hydrogens (tertiary/aromatic N) is 3. The predicted octanol–water partition coefficient (Wildman–Crippen LogP) is 3.01. The summed E-state index contributed by atoms with van der Waals surface area (Å²) in [4.78, 5) is 25.7. The fraction of sp³-hybridized carbons (Fsp3) is 0.529. The fourth-order valence-electron chi connectivity index (χ4n) is 3.06. The number of thioether (sulfide) groups is 1. The van der Waals surface area contributed by atoms with Crippen LogP contribution in [0.1, 0.15) is 52.8 Å². The topological polar surface area (TPSA) is 86.1 Å². The number of hydrogen-bond donors (Lipinski definition) is 1. The van der Waals surface area contributed by atoms with E-state index < -0.39 is 0 Å². The summed E-state index contributed by atoms with van der Waals surface area (Å²) in [6.07, 6.45) is 2.85. The summed E-state index contributed by atoms with van der Waals surface area (Å²) in [5.41, 5.74) is 1.55. The predicted molar refractivity (Wildman–Crippen MR) is 102 cm³/mol. The molecule has 0 spiro atoms. The second-order valence-electron chi connectivity index (χ2n) is 6.44. The van der Waals surface area contributed by atoms with Crippen LogP contribution >= 0.6 is 23.1 Å². The summed E-state index contributed by atoms with van der Waals surface area (Å²) < 4.78 is 6.81.